The Hall–Kier alpha value is -2.76. The van der Waals surface area contributed by atoms with Crippen molar-refractivity contribution in [1.82, 2.24) is 15.0 Å². The van der Waals surface area contributed by atoms with Gasteiger partial charge in [-0.3, -0.25) is 0 Å². The fourth-order valence-corrected chi connectivity index (χ4v) is 2.12. The number of anilines is 1. The third-order valence-electron chi connectivity index (χ3n) is 3.00. The van der Waals surface area contributed by atoms with Gasteiger partial charge in [-0.15, -0.1) is 0 Å². The molecule has 2 N–H and O–H groups in total. The second-order valence-corrected chi connectivity index (χ2v) is 5.13. The Morgan fingerprint density at radius 3 is 2.64 bits per heavy atom. The lowest BCUT2D eigenvalue weighted by Gasteiger charge is -2.11. The molecule has 22 heavy (non-hydrogen) atoms. The van der Waals surface area contributed by atoms with Gasteiger partial charge in [-0.1, -0.05) is 12.1 Å². The number of nitrogens with zero attached hydrogens (tertiary/aromatic N) is 3. The van der Waals surface area contributed by atoms with Crippen LogP contribution in [0.5, 0.6) is 5.88 Å². The van der Waals surface area contributed by atoms with E-state index in [0.717, 1.165) is 0 Å². The van der Waals surface area contributed by atoms with Crippen LogP contribution in [0.15, 0.2) is 36.4 Å². The summed E-state index contributed by atoms with van der Waals surface area (Å²) in [5.74, 6) is 0.144. The molecule has 0 aliphatic rings. The van der Waals surface area contributed by atoms with Gasteiger partial charge in [0.25, 0.3) is 0 Å². The molecule has 6 heteroatoms. The van der Waals surface area contributed by atoms with E-state index in [1.54, 1.807) is 24.3 Å². The molecule has 0 aliphatic heterocycles. The average Bonchev–Trinajstić information content (AvgIpc) is 2.46. The number of ether oxygens (including phenoxy) is 1. The Balaban J connectivity index is 2.17. The SMILES string of the molecule is CC(C)Oc1nc(N)nc2ccc(-c3cccc(F)c3)nc12. The lowest BCUT2D eigenvalue weighted by Crippen LogP contribution is -2.09. The first-order valence-electron chi connectivity index (χ1n) is 6.90. The van der Waals surface area contributed by atoms with E-state index in [4.69, 9.17) is 10.5 Å². The maximum atomic E-state index is 13.4. The third kappa shape index (κ3) is 2.81. The van der Waals surface area contributed by atoms with Gasteiger partial charge < -0.3 is 10.5 Å². The van der Waals surface area contributed by atoms with Crippen molar-refractivity contribution in [1.29, 1.82) is 0 Å². The van der Waals surface area contributed by atoms with Gasteiger partial charge in [0.05, 0.1) is 17.3 Å². The van der Waals surface area contributed by atoms with E-state index in [2.05, 4.69) is 15.0 Å². The van der Waals surface area contributed by atoms with Crippen LogP contribution in [0, 0.1) is 5.82 Å². The summed E-state index contributed by atoms with van der Waals surface area (Å²) in [6.45, 7) is 3.78. The number of pyridine rings is 1. The van der Waals surface area contributed by atoms with Crippen molar-refractivity contribution in [2.24, 2.45) is 0 Å². The van der Waals surface area contributed by atoms with Gasteiger partial charge in [0.15, 0.2) is 5.52 Å². The summed E-state index contributed by atoms with van der Waals surface area (Å²) >= 11 is 0. The summed E-state index contributed by atoms with van der Waals surface area (Å²) in [5, 5.41) is 0. The minimum atomic E-state index is -0.313. The molecule has 0 bridgehead atoms. The van der Waals surface area contributed by atoms with Crippen molar-refractivity contribution in [3.8, 4) is 17.1 Å². The van der Waals surface area contributed by atoms with Crippen LogP contribution >= 0.6 is 0 Å². The zero-order valence-electron chi connectivity index (χ0n) is 12.2. The Bertz CT molecular complexity index is 835. The van der Waals surface area contributed by atoms with Crippen molar-refractivity contribution >= 4 is 17.0 Å². The summed E-state index contributed by atoms with van der Waals surface area (Å²) in [4.78, 5) is 12.8. The predicted octanol–water partition coefficient (Wildman–Crippen LogP) is 3.20. The van der Waals surface area contributed by atoms with Crippen LogP contribution in [0.2, 0.25) is 0 Å². The van der Waals surface area contributed by atoms with Crippen LogP contribution in [0.1, 0.15) is 13.8 Å². The van der Waals surface area contributed by atoms with E-state index < -0.39 is 0 Å². The molecule has 2 heterocycles. The topological polar surface area (TPSA) is 73.9 Å². The molecule has 1 aromatic carbocycles. The number of hydrogen-bond acceptors (Lipinski definition) is 5. The van der Waals surface area contributed by atoms with Crippen LogP contribution < -0.4 is 10.5 Å². The van der Waals surface area contributed by atoms with Crippen molar-refractivity contribution in [2.45, 2.75) is 20.0 Å². The standard InChI is InChI=1S/C16H15FN4O/c1-9(2)22-15-14-13(20-16(18)21-15)7-6-12(19-14)10-4-3-5-11(17)8-10/h3-9H,1-2H3,(H2,18,20,21). The van der Waals surface area contributed by atoms with Gasteiger partial charge in [0, 0.05) is 5.56 Å². The summed E-state index contributed by atoms with van der Waals surface area (Å²) < 4.78 is 19.0. The molecule has 0 atom stereocenters. The molecule has 0 fully saturated rings. The van der Waals surface area contributed by atoms with E-state index in [9.17, 15) is 4.39 Å². The van der Waals surface area contributed by atoms with Crippen LogP contribution in [0.4, 0.5) is 10.3 Å². The quantitative estimate of drug-likeness (QED) is 0.803. The first-order chi connectivity index (χ1) is 10.5. The van der Waals surface area contributed by atoms with Gasteiger partial charge >= 0.3 is 0 Å². The Morgan fingerprint density at radius 2 is 1.91 bits per heavy atom. The summed E-state index contributed by atoms with van der Waals surface area (Å²) in [5.41, 5.74) is 8.08. The number of benzene rings is 1. The lowest BCUT2D eigenvalue weighted by atomic mass is 10.1. The minimum absolute atomic E-state index is 0.0721. The third-order valence-corrected chi connectivity index (χ3v) is 3.00. The molecule has 112 valence electrons. The second-order valence-electron chi connectivity index (χ2n) is 5.13. The number of nitrogens with two attached hydrogens (primary N) is 1. The zero-order chi connectivity index (χ0) is 15.7. The second kappa shape index (κ2) is 5.55. The number of rotatable bonds is 3. The predicted molar refractivity (Wildman–Crippen MR) is 82.9 cm³/mol. The molecule has 0 saturated carbocycles. The molecule has 0 aliphatic carbocycles. The van der Waals surface area contributed by atoms with Crippen molar-refractivity contribution < 1.29 is 9.13 Å². The normalized spacial score (nSPS) is 11.1. The first-order valence-corrected chi connectivity index (χ1v) is 6.90. The smallest absolute Gasteiger partial charge is 0.245 e. The first kappa shape index (κ1) is 14.2. The molecule has 0 amide bonds. The summed E-state index contributed by atoms with van der Waals surface area (Å²) in [6, 6.07) is 9.79. The molecule has 3 rings (SSSR count). The molecule has 5 nitrogen and oxygen atoms in total. The molecule has 3 aromatic rings. The molecule has 2 aromatic heterocycles. The van der Waals surface area contributed by atoms with Crippen LogP contribution in [-0.2, 0) is 0 Å². The monoisotopic (exact) mass is 298 g/mol. The minimum Gasteiger partial charge on any atom is -0.473 e. The molecular formula is C16H15FN4O. The Kier molecular flexibility index (Phi) is 3.58. The van der Waals surface area contributed by atoms with E-state index in [1.807, 2.05) is 13.8 Å². The largest absolute Gasteiger partial charge is 0.473 e. The molecule has 0 saturated heterocycles. The number of aromatic nitrogens is 3. The lowest BCUT2D eigenvalue weighted by molar-refractivity contribution is 0.235. The molecular weight excluding hydrogens is 283 g/mol. The van der Waals surface area contributed by atoms with Crippen LogP contribution in [0.25, 0.3) is 22.3 Å². The molecule has 0 spiro atoms. The highest BCUT2D eigenvalue weighted by Crippen LogP contribution is 2.26. The van der Waals surface area contributed by atoms with E-state index in [-0.39, 0.29) is 17.9 Å². The highest BCUT2D eigenvalue weighted by molar-refractivity contribution is 5.83. The fourth-order valence-electron chi connectivity index (χ4n) is 2.12. The molecule has 0 unspecified atom stereocenters. The molecule has 0 radical (unpaired) electrons. The van der Waals surface area contributed by atoms with E-state index >= 15 is 0 Å². The van der Waals surface area contributed by atoms with Crippen molar-refractivity contribution in [2.75, 3.05) is 5.73 Å². The maximum absolute atomic E-state index is 13.4. The Labute approximate surface area is 127 Å². The highest BCUT2D eigenvalue weighted by Gasteiger charge is 2.12. The van der Waals surface area contributed by atoms with Gasteiger partial charge in [0.1, 0.15) is 5.82 Å². The van der Waals surface area contributed by atoms with E-state index in [1.165, 1.54) is 12.1 Å². The highest BCUT2D eigenvalue weighted by atomic mass is 19.1. The Morgan fingerprint density at radius 1 is 1.09 bits per heavy atom. The van der Waals surface area contributed by atoms with Crippen LogP contribution in [-0.4, -0.2) is 21.1 Å². The number of fused-ring (bicyclic) bond motifs is 1. The number of halogens is 1. The summed E-state index contributed by atoms with van der Waals surface area (Å²) in [7, 11) is 0. The maximum Gasteiger partial charge on any atom is 0.245 e. The zero-order valence-corrected chi connectivity index (χ0v) is 12.2. The average molecular weight is 298 g/mol. The fraction of sp³-hybridized carbons (Fsp3) is 0.188. The van der Waals surface area contributed by atoms with Gasteiger partial charge in [-0.05, 0) is 38.1 Å². The van der Waals surface area contributed by atoms with E-state index in [0.29, 0.717) is 28.2 Å². The van der Waals surface area contributed by atoms with Crippen molar-refractivity contribution in [3.63, 3.8) is 0 Å². The number of nitrogen functional groups attached to an aromatic ring is 1. The van der Waals surface area contributed by atoms with Crippen molar-refractivity contribution in [3.05, 3.63) is 42.2 Å². The number of hydrogen-bond donors (Lipinski definition) is 1. The van der Waals surface area contributed by atoms with Gasteiger partial charge in [0.2, 0.25) is 11.8 Å². The van der Waals surface area contributed by atoms with Gasteiger partial charge in [-0.2, -0.15) is 4.98 Å². The van der Waals surface area contributed by atoms with Crippen LogP contribution in [0.3, 0.4) is 0 Å². The van der Waals surface area contributed by atoms with Gasteiger partial charge in [-0.25, -0.2) is 14.4 Å². The summed E-state index contributed by atoms with van der Waals surface area (Å²) in [6.07, 6.45) is -0.0721.